The van der Waals surface area contributed by atoms with Gasteiger partial charge in [0.15, 0.2) is 0 Å². The zero-order chi connectivity index (χ0) is 16.9. The highest BCUT2D eigenvalue weighted by Crippen LogP contribution is 2.30. The van der Waals surface area contributed by atoms with Crippen LogP contribution in [-0.4, -0.2) is 26.8 Å². The number of hydrogen-bond donors (Lipinski definition) is 2. The number of halogens is 2. The van der Waals surface area contributed by atoms with E-state index in [4.69, 9.17) is 23.2 Å². The van der Waals surface area contributed by atoms with Crippen molar-refractivity contribution in [3.63, 3.8) is 0 Å². The molecule has 2 N–H and O–H groups in total. The van der Waals surface area contributed by atoms with Gasteiger partial charge in [0.05, 0.1) is 21.5 Å². The molecule has 5 nitrogen and oxygen atoms in total. The molecule has 0 fully saturated rings. The van der Waals surface area contributed by atoms with Crippen molar-refractivity contribution in [2.75, 3.05) is 11.1 Å². The topological polar surface area (TPSA) is 70.7 Å². The lowest BCUT2D eigenvalue weighted by Gasteiger charge is -2.08. The van der Waals surface area contributed by atoms with Gasteiger partial charge in [0.25, 0.3) is 0 Å². The van der Waals surface area contributed by atoms with Crippen molar-refractivity contribution >= 4 is 57.9 Å². The van der Waals surface area contributed by atoms with E-state index in [1.54, 1.807) is 29.5 Å². The number of anilines is 1. The minimum absolute atomic E-state index is 0.165. The second kappa shape index (κ2) is 8.02. The maximum absolute atomic E-state index is 12.0. The molecule has 9 heteroatoms. The Hall–Kier alpha value is -1.54. The first kappa shape index (κ1) is 17.3. The average molecular weight is 399 g/mol. The van der Waals surface area contributed by atoms with Gasteiger partial charge in [-0.15, -0.1) is 16.4 Å². The SMILES string of the molecule is O=C(CSc1n[nH]c(Cc2cccs2)n1)Nc1c(Cl)cccc1Cl. The predicted molar refractivity (Wildman–Crippen MR) is 99.3 cm³/mol. The molecule has 0 aliphatic carbocycles. The number of carbonyl (C=O) groups excluding carboxylic acids is 1. The molecular formula is C15H12Cl2N4OS2. The van der Waals surface area contributed by atoms with Gasteiger partial charge >= 0.3 is 0 Å². The maximum atomic E-state index is 12.0. The maximum Gasteiger partial charge on any atom is 0.234 e. The molecule has 0 bridgehead atoms. The highest BCUT2D eigenvalue weighted by Gasteiger charge is 2.12. The van der Waals surface area contributed by atoms with Crippen molar-refractivity contribution in [2.24, 2.45) is 0 Å². The second-order valence-corrected chi connectivity index (χ2v) is 7.54. The molecule has 0 atom stereocenters. The lowest BCUT2D eigenvalue weighted by atomic mass is 10.3. The summed E-state index contributed by atoms with van der Waals surface area (Å²) in [5.74, 6) is 0.715. The molecular weight excluding hydrogens is 387 g/mol. The summed E-state index contributed by atoms with van der Waals surface area (Å²) in [7, 11) is 0. The third kappa shape index (κ3) is 4.51. The fourth-order valence-corrected chi connectivity index (χ4v) is 3.74. The second-order valence-electron chi connectivity index (χ2n) is 4.75. The van der Waals surface area contributed by atoms with Crippen LogP contribution in [0.5, 0.6) is 0 Å². The molecule has 0 aliphatic heterocycles. The minimum atomic E-state index is -0.223. The summed E-state index contributed by atoms with van der Waals surface area (Å²) in [6.07, 6.45) is 0.701. The number of hydrogen-bond acceptors (Lipinski definition) is 5. The summed E-state index contributed by atoms with van der Waals surface area (Å²) in [4.78, 5) is 17.6. The standard InChI is InChI=1S/C15H12Cl2N4OS2/c16-10-4-1-5-11(17)14(10)19-13(22)8-24-15-18-12(20-21-15)7-9-3-2-6-23-9/h1-6H,7-8H2,(H,19,22)(H,18,20,21). The van der Waals surface area contributed by atoms with E-state index in [0.717, 1.165) is 5.82 Å². The third-order valence-corrected chi connectivity index (χ3v) is 5.35. The van der Waals surface area contributed by atoms with E-state index in [1.807, 2.05) is 17.5 Å². The quantitative estimate of drug-likeness (QED) is 0.599. The Labute approximate surface area is 156 Å². The first-order valence-electron chi connectivity index (χ1n) is 6.92. The fourth-order valence-electron chi connectivity index (χ4n) is 1.92. The van der Waals surface area contributed by atoms with Gasteiger partial charge in [-0.2, -0.15) is 0 Å². The zero-order valence-corrected chi connectivity index (χ0v) is 15.4. The van der Waals surface area contributed by atoms with Crippen molar-refractivity contribution in [1.29, 1.82) is 0 Å². The highest BCUT2D eigenvalue weighted by atomic mass is 35.5. The number of carbonyl (C=O) groups is 1. The summed E-state index contributed by atoms with van der Waals surface area (Å²) >= 11 is 15.0. The van der Waals surface area contributed by atoms with Crippen molar-refractivity contribution in [3.05, 3.63) is 56.5 Å². The van der Waals surface area contributed by atoms with E-state index < -0.39 is 0 Å². The Kier molecular flexibility index (Phi) is 5.78. The average Bonchev–Trinajstić information content (AvgIpc) is 3.21. The molecule has 0 saturated carbocycles. The molecule has 0 radical (unpaired) electrons. The molecule has 2 heterocycles. The van der Waals surface area contributed by atoms with Gasteiger partial charge in [-0.05, 0) is 23.6 Å². The Morgan fingerprint density at radius 2 is 2.04 bits per heavy atom. The third-order valence-electron chi connectivity index (χ3n) is 2.99. The van der Waals surface area contributed by atoms with Crippen LogP contribution in [0.3, 0.4) is 0 Å². The van der Waals surface area contributed by atoms with E-state index >= 15 is 0 Å². The lowest BCUT2D eigenvalue weighted by Crippen LogP contribution is -2.14. The summed E-state index contributed by atoms with van der Waals surface area (Å²) in [6.45, 7) is 0. The number of aromatic nitrogens is 3. The van der Waals surface area contributed by atoms with Crippen LogP contribution in [0.2, 0.25) is 10.0 Å². The van der Waals surface area contributed by atoms with E-state index in [-0.39, 0.29) is 11.7 Å². The first-order valence-corrected chi connectivity index (χ1v) is 9.54. The van der Waals surface area contributed by atoms with Crippen LogP contribution in [0.1, 0.15) is 10.7 Å². The predicted octanol–water partition coefficient (Wildman–Crippen LogP) is 4.49. The Balaban J connectivity index is 1.54. The van der Waals surface area contributed by atoms with Gasteiger partial charge in [0.1, 0.15) is 5.82 Å². The largest absolute Gasteiger partial charge is 0.323 e. The van der Waals surface area contributed by atoms with E-state index in [2.05, 4.69) is 20.5 Å². The van der Waals surface area contributed by atoms with Crippen LogP contribution in [0, 0.1) is 0 Å². The Morgan fingerprint density at radius 3 is 2.75 bits per heavy atom. The first-order chi connectivity index (χ1) is 11.6. The number of amides is 1. The number of thioether (sulfide) groups is 1. The molecule has 3 rings (SSSR count). The molecule has 24 heavy (non-hydrogen) atoms. The normalized spacial score (nSPS) is 10.8. The molecule has 0 saturated heterocycles. The van der Waals surface area contributed by atoms with E-state index in [9.17, 15) is 4.79 Å². The number of para-hydroxylation sites is 1. The van der Waals surface area contributed by atoms with Gasteiger partial charge < -0.3 is 5.32 Å². The number of nitrogens with one attached hydrogen (secondary N) is 2. The zero-order valence-electron chi connectivity index (χ0n) is 12.3. The van der Waals surface area contributed by atoms with Gasteiger partial charge in [-0.25, -0.2) is 4.98 Å². The summed E-state index contributed by atoms with van der Waals surface area (Å²) in [5, 5.41) is 13.0. The number of H-pyrrole nitrogens is 1. The van der Waals surface area contributed by atoms with Crippen molar-refractivity contribution < 1.29 is 4.79 Å². The number of benzene rings is 1. The molecule has 1 aromatic carbocycles. The molecule has 0 unspecified atom stereocenters. The van der Waals surface area contributed by atoms with Gasteiger partial charge in [0, 0.05) is 11.3 Å². The summed E-state index contributed by atoms with van der Waals surface area (Å²) in [5.41, 5.74) is 0.416. The van der Waals surface area contributed by atoms with Crippen LogP contribution in [0.15, 0.2) is 40.9 Å². The van der Waals surface area contributed by atoms with Gasteiger partial charge in [0.2, 0.25) is 11.1 Å². The van der Waals surface area contributed by atoms with Crippen LogP contribution < -0.4 is 5.32 Å². The molecule has 1 amide bonds. The molecule has 0 aliphatic rings. The van der Waals surface area contributed by atoms with Crippen LogP contribution >= 0.6 is 46.3 Å². The Bertz CT molecular complexity index is 816. The lowest BCUT2D eigenvalue weighted by molar-refractivity contribution is -0.113. The van der Waals surface area contributed by atoms with Crippen molar-refractivity contribution in [2.45, 2.75) is 11.6 Å². The monoisotopic (exact) mass is 398 g/mol. The van der Waals surface area contributed by atoms with Gasteiger partial charge in [-0.3, -0.25) is 9.89 Å². The number of aromatic amines is 1. The molecule has 0 spiro atoms. The van der Waals surface area contributed by atoms with Crippen LogP contribution in [0.4, 0.5) is 5.69 Å². The molecule has 2 aromatic heterocycles. The van der Waals surface area contributed by atoms with Crippen LogP contribution in [0.25, 0.3) is 0 Å². The molecule has 3 aromatic rings. The fraction of sp³-hybridized carbons (Fsp3) is 0.133. The van der Waals surface area contributed by atoms with E-state index in [1.165, 1.54) is 16.6 Å². The minimum Gasteiger partial charge on any atom is -0.323 e. The van der Waals surface area contributed by atoms with Crippen molar-refractivity contribution in [3.8, 4) is 0 Å². The summed E-state index contributed by atoms with van der Waals surface area (Å²) in [6, 6.07) is 9.10. The number of nitrogens with zero attached hydrogens (tertiary/aromatic N) is 2. The van der Waals surface area contributed by atoms with Crippen LogP contribution in [-0.2, 0) is 11.2 Å². The van der Waals surface area contributed by atoms with Crippen molar-refractivity contribution in [1.82, 2.24) is 15.2 Å². The Morgan fingerprint density at radius 1 is 1.25 bits per heavy atom. The number of thiophene rings is 1. The smallest absolute Gasteiger partial charge is 0.234 e. The molecule has 124 valence electrons. The number of rotatable bonds is 6. The summed E-state index contributed by atoms with van der Waals surface area (Å²) < 4.78 is 0. The van der Waals surface area contributed by atoms with Gasteiger partial charge in [-0.1, -0.05) is 47.1 Å². The van der Waals surface area contributed by atoms with E-state index in [0.29, 0.717) is 27.3 Å². The highest BCUT2D eigenvalue weighted by molar-refractivity contribution is 7.99.